The second kappa shape index (κ2) is 5.08. The van der Waals surface area contributed by atoms with E-state index in [9.17, 15) is 4.79 Å². The second-order valence-corrected chi connectivity index (χ2v) is 4.93. The summed E-state index contributed by atoms with van der Waals surface area (Å²) < 4.78 is 1.69. The highest BCUT2D eigenvalue weighted by Gasteiger charge is 2.36. The van der Waals surface area contributed by atoms with E-state index in [4.69, 9.17) is 11.6 Å². The molecule has 17 heavy (non-hydrogen) atoms. The molecular weight excluding hydrogens is 238 g/mol. The number of alkyl halides is 1. The fraction of sp³-hybridized carbons (Fsp3) is 0.667. The molecule has 4 nitrogen and oxygen atoms in total. The Balaban J connectivity index is 2.21. The van der Waals surface area contributed by atoms with Gasteiger partial charge in [-0.1, -0.05) is 6.92 Å². The zero-order valence-electron chi connectivity index (χ0n) is 10.1. The molecule has 0 aliphatic heterocycles. The van der Waals surface area contributed by atoms with Crippen molar-refractivity contribution in [2.75, 3.05) is 11.2 Å². The molecule has 1 heterocycles. The summed E-state index contributed by atoms with van der Waals surface area (Å²) in [6.07, 6.45) is 7.52. The third-order valence-corrected chi connectivity index (χ3v) is 3.84. The van der Waals surface area contributed by atoms with Crippen molar-refractivity contribution in [2.45, 2.75) is 44.7 Å². The molecule has 0 spiro atoms. The molecule has 1 aliphatic carbocycles. The van der Waals surface area contributed by atoms with Crippen LogP contribution < -0.4 is 10.9 Å². The van der Waals surface area contributed by atoms with E-state index in [1.807, 2.05) is 6.92 Å². The Hall–Kier alpha value is -1.03. The number of nitrogens with one attached hydrogen (secondary N) is 1. The first kappa shape index (κ1) is 12.4. The average Bonchev–Trinajstić information content (AvgIpc) is 2.28. The van der Waals surface area contributed by atoms with E-state index >= 15 is 0 Å². The third kappa shape index (κ3) is 2.46. The Kier molecular flexibility index (Phi) is 3.72. The van der Waals surface area contributed by atoms with Crippen molar-refractivity contribution < 1.29 is 0 Å². The molecule has 1 aromatic heterocycles. The summed E-state index contributed by atoms with van der Waals surface area (Å²) in [6.45, 7) is 2.77. The Morgan fingerprint density at radius 3 is 2.88 bits per heavy atom. The van der Waals surface area contributed by atoms with E-state index in [1.54, 1.807) is 17.0 Å². The average molecular weight is 256 g/mol. The van der Waals surface area contributed by atoms with Crippen LogP contribution in [-0.4, -0.2) is 21.0 Å². The van der Waals surface area contributed by atoms with Gasteiger partial charge in [-0.25, -0.2) is 4.98 Å². The fourth-order valence-electron chi connectivity index (χ4n) is 2.10. The standard InChI is InChI=1S/C12H18ClN3O/c1-2-7-16-8-6-14-10(11(16)17)15-12(9-13)4-3-5-12/h6,8H,2-5,7,9H2,1H3,(H,14,15). The lowest BCUT2D eigenvalue weighted by atomic mass is 9.78. The maximum atomic E-state index is 12.1. The molecule has 5 heteroatoms. The summed E-state index contributed by atoms with van der Waals surface area (Å²) in [4.78, 5) is 16.2. The predicted molar refractivity (Wildman–Crippen MR) is 69.7 cm³/mol. The molecule has 0 atom stereocenters. The first-order valence-corrected chi connectivity index (χ1v) is 6.64. The second-order valence-electron chi connectivity index (χ2n) is 4.67. The maximum absolute atomic E-state index is 12.1. The van der Waals surface area contributed by atoms with Gasteiger partial charge >= 0.3 is 0 Å². The van der Waals surface area contributed by atoms with Crippen LogP contribution in [-0.2, 0) is 6.54 Å². The Morgan fingerprint density at radius 2 is 2.35 bits per heavy atom. The van der Waals surface area contributed by atoms with Crippen molar-refractivity contribution in [2.24, 2.45) is 0 Å². The first-order chi connectivity index (χ1) is 8.21. The van der Waals surface area contributed by atoms with Gasteiger partial charge < -0.3 is 9.88 Å². The molecular formula is C12H18ClN3O. The van der Waals surface area contributed by atoms with E-state index in [0.717, 1.165) is 32.2 Å². The fourth-order valence-corrected chi connectivity index (χ4v) is 2.43. The van der Waals surface area contributed by atoms with Crippen LogP contribution >= 0.6 is 11.6 Å². The van der Waals surface area contributed by atoms with Crippen molar-refractivity contribution in [1.29, 1.82) is 0 Å². The predicted octanol–water partition coefficient (Wildman–Crippen LogP) is 2.23. The molecule has 0 radical (unpaired) electrons. The van der Waals surface area contributed by atoms with E-state index in [-0.39, 0.29) is 11.1 Å². The lowest BCUT2D eigenvalue weighted by Crippen LogP contribution is -2.48. The third-order valence-electron chi connectivity index (χ3n) is 3.33. The number of aromatic nitrogens is 2. The molecule has 0 amide bonds. The normalized spacial score (nSPS) is 17.5. The lowest BCUT2D eigenvalue weighted by molar-refractivity contribution is 0.309. The van der Waals surface area contributed by atoms with Crippen molar-refractivity contribution in [1.82, 2.24) is 9.55 Å². The van der Waals surface area contributed by atoms with Gasteiger partial charge in [-0.15, -0.1) is 11.6 Å². The van der Waals surface area contributed by atoms with Crippen LogP contribution in [0.2, 0.25) is 0 Å². The Bertz CT molecular complexity index is 434. The topological polar surface area (TPSA) is 46.9 Å². The summed E-state index contributed by atoms with van der Waals surface area (Å²) in [5.41, 5.74) is -0.162. The Labute approximate surface area is 106 Å². The first-order valence-electron chi connectivity index (χ1n) is 6.10. The van der Waals surface area contributed by atoms with Gasteiger partial charge in [0.05, 0.1) is 5.54 Å². The minimum atomic E-state index is -0.112. The number of anilines is 1. The number of halogens is 1. The highest BCUT2D eigenvalue weighted by atomic mass is 35.5. The Morgan fingerprint density at radius 1 is 1.59 bits per heavy atom. The zero-order valence-corrected chi connectivity index (χ0v) is 10.8. The number of hydrogen-bond donors (Lipinski definition) is 1. The van der Waals surface area contributed by atoms with E-state index in [0.29, 0.717) is 11.7 Å². The largest absolute Gasteiger partial charge is 0.359 e. The molecule has 94 valence electrons. The summed E-state index contributed by atoms with van der Waals surface area (Å²) >= 11 is 5.96. The minimum absolute atomic E-state index is 0.0502. The maximum Gasteiger partial charge on any atom is 0.293 e. The monoisotopic (exact) mass is 255 g/mol. The number of aryl methyl sites for hydroxylation is 1. The quantitative estimate of drug-likeness (QED) is 0.821. The SMILES string of the molecule is CCCn1ccnc(NC2(CCl)CCC2)c1=O. The van der Waals surface area contributed by atoms with Crippen LogP contribution in [0.1, 0.15) is 32.6 Å². The number of rotatable bonds is 5. The van der Waals surface area contributed by atoms with Gasteiger partial charge in [-0.2, -0.15) is 0 Å². The molecule has 1 aliphatic rings. The van der Waals surface area contributed by atoms with Crippen LogP contribution in [0.4, 0.5) is 5.82 Å². The smallest absolute Gasteiger partial charge is 0.293 e. The van der Waals surface area contributed by atoms with Gasteiger partial charge in [0.2, 0.25) is 0 Å². The van der Waals surface area contributed by atoms with Gasteiger partial charge in [0.15, 0.2) is 5.82 Å². The zero-order chi connectivity index (χ0) is 12.3. The highest BCUT2D eigenvalue weighted by molar-refractivity contribution is 6.18. The van der Waals surface area contributed by atoms with Crippen LogP contribution in [0.3, 0.4) is 0 Å². The summed E-state index contributed by atoms with van der Waals surface area (Å²) in [6, 6.07) is 0. The molecule has 1 aromatic rings. The molecule has 1 saturated carbocycles. The molecule has 0 unspecified atom stereocenters. The van der Waals surface area contributed by atoms with Crippen molar-refractivity contribution in [3.8, 4) is 0 Å². The van der Waals surface area contributed by atoms with Crippen LogP contribution in [0.15, 0.2) is 17.2 Å². The molecule has 1 fully saturated rings. The minimum Gasteiger partial charge on any atom is -0.359 e. The molecule has 2 rings (SSSR count). The molecule has 0 aromatic carbocycles. The van der Waals surface area contributed by atoms with Crippen LogP contribution in [0, 0.1) is 0 Å². The van der Waals surface area contributed by atoms with Gasteiger partial charge in [-0.05, 0) is 25.7 Å². The summed E-state index contributed by atoms with van der Waals surface area (Å²) in [5.74, 6) is 0.956. The molecule has 0 bridgehead atoms. The highest BCUT2D eigenvalue weighted by Crippen LogP contribution is 2.35. The van der Waals surface area contributed by atoms with Gasteiger partial charge in [0, 0.05) is 24.8 Å². The van der Waals surface area contributed by atoms with Gasteiger partial charge in [-0.3, -0.25) is 4.79 Å². The lowest BCUT2D eigenvalue weighted by Gasteiger charge is -2.41. The number of nitrogens with zero attached hydrogens (tertiary/aromatic N) is 2. The molecule has 0 saturated heterocycles. The van der Waals surface area contributed by atoms with Crippen molar-refractivity contribution >= 4 is 17.4 Å². The number of hydrogen-bond acceptors (Lipinski definition) is 3. The van der Waals surface area contributed by atoms with Gasteiger partial charge in [0.1, 0.15) is 0 Å². The van der Waals surface area contributed by atoms with E-state index in [1.165, 1.54) is 0 Å². The van der Waals surface area contributed by atoms with Crippen LogP contribution in [0.5, 0.6) is 0 Å². The van der Waals surface area contributed by atoms with Gasteiger partial charge in [0.25, 0.3) is 5.56 Å². The summed E-state index contributed by atoms with van der Waals surface area (Å²) in [5, 5.41) is 3.23. The van der Waals surface area contributed by atoms with Crippen molar-refractivity contribution in [3.05, 3.63) is 22.7 Å². The van der Waals surface area contributed by atoms with E-state index in [2.05, 4.69) is 10.3 Å². The summed E-state index contributed by atoms with van der Waals surface area (Å²) in [7, 11) is 0. The van der Waals surface area contributed by atoms with E-state index < -0.39 is 0 Å². The molecule has 1 N–H and O–H groups in total. The van der Waals surface area contributed by atoms with Crippen molar-refractivity contribution in [3.63, 3.8) is 0 Å². The van der Waals surface area contributed by atoms with Crippen LogP contribution in [0.25, 0.3) is 0 Å².